The maximum Gasteiger partial charge on any atom is 0.379 e. The minimum atomic E-state index is -0.546. The van der Waals surface area contributed by atoms with Crippen molar-refractivity contribution >= 4 is 39.7 Å². The third kappa shape index (κ3) is 3.71. The molecular formula is C25H20N2O4S. The Kier molecular flexibility index (Phi) is 5.33. The van der Waals surface area contributed by atoms with Crippen LogP contribution in [0, 0.1) is 6.92 Å². The first kappa shape index (κ1) is 20.2. The lowest BCUT2D eigenvalue weighted by Crippen LogP contribution is -2.21. The number of hydrazone groups is 1. The molecule has 0 saturated heterocycles. The predicted molar refractivity (Wildman–Crippen MR) is 124 cm³/mol. The van der Waals surface area contributed by atoms with Crippen molar-refractivity contribution in [1.29, 1.82) is 0 Å². The van der Waals surface area contributed by atoms with Crippen molar-refractivity contribution in [2.45, 2.75) is 26.2 Å². The fourth-order valence-corrected chi connectivity index (χ4v) is 4.60. The summed E-state index contributed by atoms with van der Waals surface area (Å²) < 4.78 is 11.6. The molecule has 0 bridgehead atoms. The number of esters is 1. The van der Waals surface area contributed by atoms with Gasteiger partial charge in [-0.25, -0.2) is 10.2 Å². The molecule has 0 saturated carbocycles. The normalized spacial score (nSPS) is 14.3. The summed E-state index contributed by atoms with van der Waals surface area (Å²) in [6, 6.07) is 16.9. The first-order chi connectivity index (χ1) is 15.6. The Morgan fingerprint density at radius 3 is 2.75 bits per heavy atom. The Hall–Kier alpha value is -3.71. The van der Waals surface area contributed by atoms with E-state index in [0.717, 1.165) is 22.8 Å². The zero-order chi connectivity index (χ0) is 22.1. The molecule has 2 aromatic heterocycles. The number of furan rings is 1. The van der Waals surface area contributed by atoms with Crippen LogP contribution in [0.5, 0.6) is 5.75 Å². The Labute approximate surface area is 188 Å². The highest BCUT2D eigenvalue weighted by Gasteiger charge is 2.29. The fourth-order valence-electron chi connectivity index (χ4n) is 3.99. The van der Waals surface area contributed by atoms with Gasteiger partial charge in [0.1, 0.15) is 11.5 Å². The highest BCUT2D eigenvalue weighted by molar-refractivity contribution is 7.12. The number of hydrogen-bond acceptors (Lipinski definition) is 6. The third-order valence-electron chi connectivity index (χ3n) is 5.50. The zero-order valence-corrected chi connectivity index (χ0v) is 18.2. The minimum absolute atomic E-state index is 0.169. The lowest BCUT2D eigenvalue weighted by atomic mass is 9.93. The van der Waals surface area contributed by atoms with Crippen molar-refractivity contribution in [2.75, 3.05) is 0 Å². The van der Waals surface area contributed by atoms with Crippen LogP contribution < -0.4 is 10.2 Å². The molecule has 6 nitrogen and oxygen atoms in total. The Morgan fingerprint density at radius 2 is 1.91 bits per heavy atom. The van der Waals surface area contributed by atoms with E-state index in [1.165, 1.54) is 11.3 Å². The molecule has 0 spiro atoms. The number of nitrogens with zero attached hydrogens (tertiary/aromatic N) is 1. The van der Waals surface area contributed by atoms with Crippen molar-refractivity contribution < 1.29 is 18.7 Å². The van der Waals surface area contributed by atoms with E-state index in [4.69, 9.17) is 9.15 Å². The second kappa shape index (κ2) is 8.43. The third-order valence-corrected chi connectivity index (χ3v) is 6.37. The summed E-state index contributed by atoms with van der Waals surface area (Å²) in [5, 5.41) is 8.04. The summed E-state index contributed by atoms with van der Waals surface area (Å²) in [6.45, 7) is 1.82. The van der Waals surface area contributed by atoms with E-state index in [1.807, 2.05) is 54.8 Å². The summed E-state index contributed by atoms with van der Waals surface area (Å²) >= 11 is 1.35. The van der Waals surface area contributed by atoms with Crippen molar-refractivity contribution in [3.63, 3.8) is 0 Å². The number of rotatable bonds is 4. The molecule has 1 N–H and O–H groups in total. The summed E-state index contributed by atoms with van der Waals surface area (Å²) in [5.41, 5.74) is 4.79. The topological polar surface area (TPSA) is 80.9 Å². The standard InChI is InChI=1S/C25H20N2O4S/c1-15-22-18(26-27-24(28)21-13-6-14-32-21)10-5-12-20(22)30-23(15)25(29)31-19-11-4-8-16-7-2-3-9-17(16)19/h2-4,6-9,11,13-14H,5,10,12H2,1H3,(H,27,28)/b26-18+. The van der Waals surface area contributed by atoms with Gasteiger partial charge < -0.3 is 9.15 Å². The number of carbonyl (C=O) groups is 2. The highest BCUT2D eigenvalue weighted by Crippen LogP contribution is 2.32. The molecule has 1 aliphatic rings. The lowest BCUT2D eigenvalue weighted by Gasteiger charge is -2.13. The fraction of sp³-hybridized carbons (Fsp3) is 0.160. The van der Waals surface area contributed by atoms with Crippen LogP contribution in [0.3, 0.4) is 0 Å². The molecule has 160 valence electrons. The van der Waals surface area contributed by atoms with Crippen LogP contribution >= 0.6 is 11.3 Å². The maximum absolute atomic E-state index is 13.0. The van der Waals surface area contributed by atoms with Gasteiger partial charge in [-0.2, -0.15) is 5.10 Å². The van der Waals surface area contributed by atoms with Gasteiger partial charge in [0.25, 0.3) is 5.91 Å². The number of aryl methyl sites for hydroxylation is 1. The summed E-state index contributed by atoms with van der Waals surface area (Å²) in [4.78, 5) is 25.9. The second-order valence-electron chi connectivity index (χ2n) is 7.55. The Morgan fingerprint density at radius 1 is 1.06 bits per heavy atom. The van der Waals surface area contributed by atoms with E-state index in [2.05, 4.69) is 10.5 Å². The van der Waals surface area contributed by atoms with Gasteiger partial charge in [-0.1, -0.05) is 42.5 Å². The SMILES string of the molecule is Cc1c(C(=O)Oc2cccc3ccccc23)oc2c1/C(=N/NC(=O)c1cccs1)CCC2. The van der Waals surface area contributed by atoms with Gasteiger partial charge in [0.15, 0.2) is 0 Å². The number of fused-ring (bicyclic) bond motifs is 2. The number of nitrogens with one attached hydrogen (secondary N) is 1. The minimum Gasteiger partial charge on any atom is -0.453 e. The molecule has 32 heavy (non-hydrogen) atoms. The molecule has 0 atom stereocenters. The van der Waals surface area contributed by atoms with Crippen molar-refractivity contribution in [3.8, 4) is 5.75 Å². The van der Waals surface area contributed by atoms with Gasteiger partial charge in [-0.05, 0) is 42.7 Å². The van der Waals surface area contributed by atoms with Gasteiger partial charge in [0, 0.05) is 22.9 Å². The Bertz CT molecular complexity index is 1350. The molecule has 4 aromatic rings. The number of amides is 1. The van der Waals surface area contributed by atoms with E-state index in [-0.39, 0.29) is 11.7 Å². The summed E-state index contributed by atoms with van der Waals surface area (Å²) in [6.07, 6.45) is 2.22. The highest BCUT2D eigenvalue weighted by atomic mass is 32.1. The average Bonchev–Trinajstić information content (AvgIpc) is 3.47. The first-order valence-electron chi connectivity index (χ1n) is 10.3. The van der Waals surface area contributed by atoms with Crippen molar-refractivity contribution in [2.24, 2.45) is 5.10 Å². The maximum atomic E-state index is 13.0. The summed E-state index contributed by atoms with van der Waals surface area (Å²) in [7, 11) is 0. The van der Waals surface area contributed by atoms with E-state index in [1.54, 1.807) is 12.1 Å². The van der Waals surface area contributed by atoms with Crippen LogP contribution in [0.4, 0.5) is 0 Å². The molecule has 2 heterocycles. The van der Waals surface area contributed by atoms with E-state index < -0.39 is 5.97 Å². The van der Waals surface area contributed by atoms with Crippen LogP contribution in [-0.4, -0.2) is 17.6 Å². The number of hydrogen-bond donors (Lipinski definition) is 1. The number of carbonyl (C=O) groups excluding carboxylic acids is 2. The van der Waals surface area contributed by atoms with Gasteiger partial charge >= 0.3 is 5.97 Å². The molecule has 7 heteroatoms. The number of benzene rings is 2. The number of thiophene rings is 1. The van der Waals surface area contributed by atoms with Crippen LogP contribution in [0.15, 0.2) is 69.5 Å². The van der Waals surface area contributed by atoms with Crippen LogP contribution in [0.2, 0.25) is 0 Å². The van der Waals surface area contributed by atoms with Gasteiger partial charge in [0.2, 0.25) is 5.76 Å². The smallest absolute Gasteiger partial charge is 0.379 e. The van der Waals surface area contributed by atoms with Crippen LogP contribution in [0.25, 0.3) is 10.8 Å². The molecular weight excluding hydrogens is 424 g/mol. The first-order valence-corrected chi connectivity index (χ1v) is 11.2. The van der Waals surface area contributed by atoms with Gasteiger partial charge in [0.05, 0.1) is 10.6 Å². The average molecular weight is 445 g/mol. The molecule has 5 rings (SSSR count). The molecule has 2 aromatic carbocycles. The zero-order valence-electron chi connectivity index (χ0n) is 17.4. The number of ether oxygens (including phenoxy) is 1. The predicted octanol–water partition coefficient (Wildman–Crippen LogP) is 5.49. The van der Waals surface area contributed by atoms with Crippen LogP contribution in [0.1, 0.15) is 50.0 Å². The molecule has 0 fully saturated rings. The molecule has 0 radical (unpaired) electrons. The molecule has 1 amide bonds. The molecule has 0 unspecified atom stereocenters. The lowest BCUT2D eigenvalue weighted by molar-refractivity contribution is 0.0700. The van der Waals surface area contributed by atoms with E-state index in [9.17, 15) is 9.59 Å². The van der Waals surface area contributed by atoms with E-state index >= 15 is 0 Å². The quantitative estimate of drug-likeness (QED) is 0.256. The largest absolute Gasteiger partial charge is 0.453 e. The Balaban J connectivity index is 1.42. The van der Waals surface area contributed by atoms with Gasteiger partial charge in [-0.3, -0.25) is 4.79 Å². The molecule has 0 aliphatic heterocycles. The van der Waals surface area contributed by atoms with Gasteiger partial charge in [-0.15, -0.1) is 11.3 Å². The van der Waals surface area contributed by atoms with Crippen molar-refractivity contribution in [1.82, 2.24) is 5.43 Å². The monoisotopic (exact) mass is 444 g/mol. The molecule has 1 aliphatic carbocycles. The second-order valence-corrected chi connectivity index (χ2v) is 8.50. The van der Waals surface area contributed by atoms with Crippen molar-refractivity contribution in [3.05, 3.63) is 87.5 Å². The summed E-state index contributed by atoms with van der Waals surface area (Å²) in [5.74, 6) is 0.551. The van der Waals surface area contributed by atoms with Crippen LogP contribution in [-0.2, 0) is 6.42 Å². The van der Waals surface area contributed by atoms with E-state index in [0.29, 0.717) is 40.5 Å².